The standard InChI is InChI=1S/C18H19N3S.ClH/c1-2-4-18-16(3-1)15(13-22-18)12-21-10-9-20-11-17(21)14-5-7-19-8-6-14;/h1-8,13,17,20H,9-12H2;1H. The summed E-state index contributed by atoms with van der Waals surface area (Å²) in [5.74, 6) is 0. The summed E-state index contributed by atoms with van der Waals surface area (Å²) in [5.41, 5.74) is 2.79. The summed E-state index contributed by atoms with van der Waals surface area (Å²) in [6.07, 6.45) is 3.78. The Kier molecular flexibility index (Phi) is 5.28. The number of thiophene rings is 1. The quantitative estimate of drug-likeness (QED) is 0.781. The summed E-state index contributed by atoms with van der Waals surface area (Å²) in [4.78, 5) is 6.73. The maximum Gasteiger partial charge on any atom is 0.0477 e. The van der Waals surface area contributed by atoms with Gasteiger partial charge in [-0.3, -0.25) is 9.88 Å². The predicted molar refractivity (Wildman–Crippen MR) is 99.3 cm³/mol. The number of hydrogen-bond donors (Lipinski definition) is 1. The third-order valence-corrected chi connectivity index (χ3v) is 5.39. The minimum absolute atomic E-state index is 0. The summed E-state index contributed by atoms with van der Waals surface area (Å²) in [6.45, 7) is 4.16. The van der Waals surface area contributed by atoms with Crippen molar-refractivity contribution >= 4 is 33.8 Å². The van der Waals surface area contributed by atoms with Gasteiger partial charge >= 0.3 is 0 Å². The van der Waals surface area contributed by atoms with E-state index in [4.69, 9.17) is 0 Å². The van der Waals surface area contributed by atoms with Gasteiger partial charge in [-0.05, 0) is 40.1 Å². The van der Waals surface area contributed by atoms with Crippen molar-refractivity contribution in [1.29, 1.82) is 0 Å². The first-order valence-corrected chi connectivity index (χ1v) is 8.59. The average Bonchev–Trinajstić information content (AvgIpc) is 2.99. The zero-order valence-electron chi connectivity index (χ0n) is 12.8. The summed E-state index contributed by atoms with van der Waals surface area (Å²) in [6, 6.07) is 13.4. The summed E-state index contributed by atoms with van der Waals surface area (Å²) in [7, 11) is 0. The van der Waals surface area contributed by atoms with E-state index in [2.05, 4.69) is 57.0 Å². The monoisotopic (exact) mass is 345 g/mol. The van der Waals surface area contributed by atoms with Crippen LogP contribution in [0.3, 0.4) is 0 Å². The van der Waals surface area contributed by atoms with Crippen LogP contribution in [0.1, 0.15) is 17.2 Å². The van der Waals surface area contributed by atoms with Gasteiger partial charge in [0.2, 0.25) is 0 Å². The van der Waals surface area contributed by atoms with Crippen molar-refractivity contribution in [2.24, 2.45) is 0 Å². The number of piperazine rings is 1. The van der Waals surface area contributed by atoms with Crippen molar-refractivity contribution < 1.29 is 0 Å². The molecule has 23 heavy (non-hydrogen) atoms. The molecule has 0 amide bonds. The first-order chi connectivity index (χ1) is 10.9. The van der Waals surface area contributed by atoms with Gasteiger partial charge in [0.15, 0.2) is 0 Å². The summed E-state index contributed by atoms with van der Waals surface area (Å²) >= 11 is 1.85. The Balaban J connectivity index is 0.00000156. The zero-order chi connectivity index (χ0) is 14.8. The van der Waals surface area contributed by atoms with Crippen LogP contribution in [0.2, 0.25) is 0 Å². The number of pyridine rings is 1. The number of rotatable bonds is 3. The van der Waals surface area contributed by atoms with Crippen LogP contribution in [0.5, 0.6) is 0 Å². The second-order valence-electron chi connectivity index (χ2n) is 5.73. The van der Waals surface area contributed by atoms with Crippen LogP contribution in [-0.2, 0) is 6.54 Å². The lowest BCUT2D eigenvalue weighted by Crippen LogP contribution is -2.45. The van der Waals surface area contributed by atoms with Crippen LogP contribution in [0.25, 0.3) is 10.1 Å². The van der Waals surface area contributed by atoms with E-state index in [-0.39, 0.29) is 12.4 Å². The van der Waals surface area contributed by atoms with Crippen LogP contribution in [0, 0.1) is 0 Å². The largest absolute Gasteiger partial charge is 0.314 e. The Morgan fingerprint density at radius 1 is 1.17 bits per heavy atom. The number of fused-ring (bicyclic) bond motifs is 1. The molecule has 0 aliphatic carbocycles. The highest BCUT2D eigenvalue weighted by Gasteiger charge is 2.24. The molecule has 4 rings (SSSR count). The Morgan fingerprint density at radius 2 is 2.00 bits per heavy atom. The molecule has 0 spiro atoms. The van der Waals surface area contributed by atoms with Gasteiger partial charge in [-0.2, -0.15) is 0 Å². The second-order valence-corrected chi connectivity index (χ2v) is 6.64. The van der Waals surface area contributed by atoms with Gasteiger partial charge in [0.25, 0.3) is 0 Å². The molecular formula is C18H20ClN3S. The van der Waals surface area contributed by atoms with E-state index >= 15 is 0 Å². The number of aromatic nitrogens is 1. The van der Waals surface area contributed by atoms with E-state index in [9.17, 15) is 0 Å². The normalized spacial score (nSPS) is 18.7. The van der Waals surface area contributed by atoms with Gasteiger partial charge in [0.05, 0.1) is 0 Å². The molecule has 1 N–H and O–H groups in total. The van der Waals surface area contributed by atoms with Crippen LogP contribution >= 0.6 is 23.7 Å². The Morgan fingerprint density at radius 3 is 2.87 bits per heavy atom. The number of nitrogens with zero attached hydrogens (tertiary/aromatic N) is 2. The highest BCUT2D eigenvalue weighted by Crippen LogP contribution is 2.30. The third kappa shape index (κ3) is 3.40. The molecule has 1 saturated heterocycles. The Labute approximate surface area is 146 Å². The van der Waals surface area contributed by atoms with E-state index in [0.29, 0.717) is 6.04 Å². The number of nitrogens with one attached hydrogen (secondary N) is 1. The average molecular weight is 346 g/mol. The molecule has 2 aromatic heterocycles. The van der Waals surface area contributed by atoms with E-state index < -0.39 is 0 Å². The summed E-state index contributed by atoms with van der Waals surface area (Å²) < 4.78 is 1.38. The molecule has 1 aliphatic rings. The lowest BCUT2D eigenvalue weighted by molar-refractivity contribution is 0.154. The van der Waals surface area contributed by atoms with E-state index in [1.807, 2.05) is 23.7 Å². The molecule has 3 heterocycles. The fourth-order valence-corrected chi connectivity index (χ4v) is 4.18. The van der Waals surface area contributed by atoms with E-state index in [1.165, 1.54) is 21.2 Å². The molecule has 1 atom stereocenters. The van der Waals surface area contributed by atoms with Gasteiger partial charge in [-0.15, -0.1) is 23.7 Å². The van der Waals surface area contributed by atoms with Gasteiger partial charge in [-0.1, -0.05) is 18.2 Å². The van der Waals surface area contributed by atoms with Gasteiger partial charge in [0, 0.05) is 49.3 Å². The zero-order valence-corrected chi connectivity index (χ0v) is 14.4. The van der Waals surface area contributed by atoms with Crippen molar-refractivity contribution in [3.63, 3.8) is 0 Å². The smallest absolute Gasteiger partial charge is 0.0477 e. The molecule has 0 bridgehead atoms. The molecule has 1 aliphatic heterocycles. The third-order valence-electron chi connectivity index (χ3n) is 4.38. The minimum atomic E-state index is 0. The number of halogens is 1. The van der Waals surface area contributed by atoms with Crippen LogP contribution in [0.4, 0.5) is 0 Å². The Hall–Kier alpha value is -1.46. The van der Waals surface area contributed by atoms with Crippen molar-refractivity contribution in [3.05, 3.63) is 65.3 Å². The van der Waals surface area contributed by atoms with Crippen LogP contribution in [0.15, 0.2) is 54.2 Å². The molecule has 0 radical (unpaired) electrons. The minimum Gasteiger partial charge on any atom is -0.314 e. The molecule has 1 aromatic carbocycles. The van der Waals surface area contributed by atoms with Crippen LogP contribution in [-0.4, -0.2) is 29.5 Å². The lowest BCUT2D eigenvalue weighted by atomic mass is 10.0. The highest BCUT2D eigenvalue weighted by molar-refractivity contribution is 7.17. The molecule has 3 aromatic rings. The van der Waals surface area contributed by atoms with Crippen LogP contribution < -0.4 is 5.32 Å². The van der Waals surface area contributed by atoms with Crippen molar-refractivity contribution in [1.82, 2.24) is 15.2 Å². The first-order valence-electron chi connectivity index (χ1n) is 7.71. The molecule has 1 unspecified atom stereocenters. The maximum absolute atomic E-state index is 4.14. The predicted octanol–water partition coefficient (Wildman–Crippen LogP) is 3.86. The van der Waals surface area contributed by atoms with Gasteiger partial charge < -0.3 is 5.32 Å². The maximum atomic E-state index is 4.14. The molecule has 3 nitrogen and oxygen atoms in total. The summed E-state index contributed by atoms with van der Waals surface area (Å²) in [5, 5.41) is 7.24. The first kappa shape index (κ1) is 16.4. The van der Waals surface area contributed by atoms with Crippen molar-refractivity contribution in [2.75, 3.05) is 19.6 Å². The van der Waals surface area contributed by atoms with Crippen molar-refractivity contribution in [3.8, 4) is 0 Å². The molecule has 5 heteroatoms. The molecule has 0 saturated carbocycles. The lowest BCUT2D eigenvalue weighted by Gasteiger charge is -2.36. The van der Waals surface area contributed by atoms with E-state index in [0.717, 1.165) is 26.2 Å². The number of benzene rings is 1. The molecular weight excluding hydrogens is 326 g/mol. The van der Waals surface area contributed by atoms with Crippen molar-refractivity contribution in [2.45, 2.75) is 12.6 Å². The fourth-order valence-electron chi connectivity index (χ4n) is 3.22. The van der Waals surface area contributed by atoms with E-state index in [1.54, 1.807) is 0 Å². The SMILES string of the molecule is Cl.c1ccc2c(CN3CCNCC3c3ccncc3)csc2c1. The Bertz CT molecular complexity index is 759. The van der Waals surface area contributed by atoms with Gasteiger partial charge in [0.1, 0.15) is 0 Å². The molecule has 120 valence electrons. The topological polar surface area (TPSA) is 28.2 Å². The number of hydrogen-bond acceptors (Lipinski definition) is 4. The molecule has 1 fully saturated rings. The van der Waals surface area contributed by atoms with Gasteiger partial charge in [-0.25, -0.2) is 0 Å². The second kappa shape index (κ2) is 7.41. The fraction of sp³-hybridized carbons (Fsp3) is 0.278. The highest BCUT2D eigenvalue weighted by atomic mass is 35.5.